The predicted octanol–water partition coefficient (Wildman–Crippen LogP) is -2.97. The minimum absolute atomic E-state index is 0. The number of hydrogen-bond donors (Lipinski definition) is 0. The Morgan fingerprint density at radius 1 is 0.905 bits per heavy atom. The van der Waals surface area contributed by atoms with Crippen LogP contribution in [0.5, 0.6) is 0 Å². The largest absolute Gasteiger partial charge is 1.00 e. The van der Waals surface area contributed by atoms with Crippen molar-refractivity contribution in [3.63, 3.8) is 0 Å². The van der Waals surface area contributed by atoms with Gasteiger partial charge in [-0.3, -0.25) is 9.59 Å². The van der Waals surface area contributed by atoms with Crippen LogP contribution in [0.1, 0.15) is 112 Å². The van der Waals surface area contributed by atoms with E-state index in [0.717, 1.165) is 11.5 Å². The summed E-state index contributed by atoms with van der Waals surface area (Å²) in [4.78, 5) is 31.9. The van der Waals surface area contributed by atoms with Gasteiger partial charge in [0.1, 0.15) is 23.3 Å². The van der Waals surface area contributed by atoms with Gasteiger partial charge in [-0.2, -0.15) is 9.35 Å². The van der Waals surface area contributed by atoms with Gasteiger partial charge in [0.2, 0.25) is 0 Å². The van der Waals surface area contributed by atoms with E-state index in [-0.39, 0.29) is 101 Å². The number of nitrogens with zero attached hydrogens (tertiary/aromatic N) is 1. The van der Waals surface area contributed by atoms with Gasteiger partial charge in [0.15, 0.2) is 16.3 Å². The van der Waals surface area contributed by atoms with E-state index in [0.29, 0.717) is 6.54 Å². The fourth-order valence-corrected chi connectivity index (χ4v) is 4.01. The molecule has 42 heavy (non-hydrogen) atoms. The summed E-state index contributed by atoms with van der Waals surface area (Å²) < 4.78 is 55.7. The molecule has 0 aromatic rings. The molecule has 16 heteroatoms. The molecule has 2 unspecified atom stereocenters. The number of aliphatic carboxylic acids is 1. The van der Waals surface area contributed by atoms with Gasteiger partial charge in [-0.05, 0) is 6.42 Å². The first kappa shape index (κ1) is 52.6. The predicted molar refractivity (Wildman–Crippen MR) is 151 cm³/mol. The Bertz CT molecular complexity index is 756. The zero-order chi connectivity index (χ0) is 31.4. The molecule has 0 aromatic heterocycles. The number of carboxylic acids is 1. The van der Waals surface area contributed by atoms with Crippen LogP contribution in [-0.4, -0.2) is 78.0 Å². The van der Waals surface area contributed by atoms with Crippen molar-refractivity contribution in [3.8, 4) is 0 Å². The number of cyclic esters (lactones) is 2. The molecular weight excluding hydrogens is 629 g/mol. The van der Waals surface area contributed by atoms with Crippen molar-refractivity contribution in [1.82, 2.24) is 5.06 Å². The molecule has 1 heterocycles. The molecule has 0 N–H and O–H groups in total. The third-order valence-electron chi connectivity index (χ3n) is 4.96. The van der Waals surface area contributed by atoms with Crippen molar-refractivity contribution in [1.29, 1.82) is 0 Å². The summed E-state index contributed by atoms with van der Waals surface area (Å²) in [5.41, 5.74) is 0. The second kappa shape index (κ2) is 36.5. The summed E-state index contributed by atoms with van der Waals surface area (Å²) >= 11 is -1.48. The Morgan fingerprint density at radius 3 is 1.67 bits per heavy atom. The molecule has 0 aliphatic carbocycles. The van der Waals surface area contributed by atoms with Crippen LogP contribution in [0.4, 0.5) is 0 Å². The SMILES string of the molecule is CCCCCCC.CCCCCCC.CCCN(CC(=O)[O-])OS(C)=O.O=C1CC(S(=O)(=O)[O-])C(=O)OCCO1.[K+].[Na+]. The quantitative estimate of drug-likeness (QED) is 0.0565. The van der Waals surface area contributed by atoms with Crippen LogP contribution in [0.2, 0.25) is 0 Å². The monoisotopic (exact) mass is 679 g/mol. The molecule has 1 rings (SSSR count). The minimum Gasteiger partial charge on any atom is -0.747 e. The second-order valence-electron chi connectivity index (χ2n) is 8.91. The van der Waals surface area contributed by atoms with Gasteiger partial charge in [-0.1, -0.05) is 98.8 Å². The third-order valence-corrected chi connectivity index (χ3v) is 6.43. The molecule has 1 fully saturated rings. The van der Waals surface area contributed by atoms with Crippen LogP contribution >= 0.6 is 0 Å². The Kier molecular flexibility index (Phi) is 45.7. The first-order chi connectivity index (χ1) is 18.8. The smallest absolute Gasteiger partial charge is 0.747 e. The summed E-state index contributed by atoms with van der Waals surface area (Å²) in [6.07, 6.45) is 15.3. The van der Waals surface area contributed by atoms with Crippen molar-refractivity contribution >= 4 is 39.1 Å². The molecule has 2 atom stereocenters. The van der Waals surface area contributed by atoms with Gasteiger partial charge < -0.3 is 23.9 Å². The summed E-state index contributed by atoms with van der Waals surface area (Å²) in [7, 11) is -4.87. The van der Waals surface area contributed by atoms with Gasteiger partial charge >= 0.3 is 92.9 Å². The van der Waals surface area contributed by atoms with E-state index in [1.54, 1.807) is 0 Å². The van der Waals surface area contributed by atoms with E-state index in [4.69, 9.17) is 0 Å². The first-order valence-corrected chi connectivity index (χ1v) is 17.0. The van der Waals surface area contributed by atoms with Gasteiger partial charge in [-0.25, -0.2) is 12.6 Å². The number of hydrogen-bond acceptors (Lipinski definition) is 12. The number of esters is 2. The van der Waals surface area contributed by atoms with E-state index in [1.807, 2.05) is 6.92 Å². The van der Waals surface area contributed by atoms with Crippen LogP contribution in [0, 0.1) is 0 Å². The standard InChI is InChI=1S/2C7H16.C6H13NO4S.C6H8O7S.K.Na/c2*1-3-5-7-6-4-2;1-3-4-7(5-6(8)9)11-12(2)10;7-5-3-4(14(9,10)11)6(8)13-2-1-12-5;;/h2*3-7H2,1-2H3;3-5H2,1-2H3,(H,8,9);4H,1-3H2,(H,9,10,11);;/q;;;;2*+1/p-2. The summed E-state index contributed by atoms with van der Waals surface area (Å²) in [6.45, 7) is 10.6. The topological polar surface area (TPSA) is 179 Å². The molecule has 1 aliphatic heterocycles. The average Bonchev–Trinajstić information content (AvgIpc) is 2.85. The number of carbonyl (C=O) groups is 3. The summed E-state index contributed by atoms with van der Waals surface area (Å²) in [5.74, 6) is -3.34. The fourth-order valence-electron chi connectivity index (χ4n) is 2.94. The molecule has 0 amide bonds. The Balaban J connectivity index is -0.000000149. The summed E-state index contributed by atoms with van der Waals surface area (Å²) in [6, 6.07) is 0. The molecule has 240 valence electrons. The van der Waals surface area contributed by atoms with Crippen molar-refractivity contribution in [2.24, 2.45) is 0 Å². The maximum absolute atomic E-state index is 11.0. The zero-order valence-electron chi connectivity index (χ0n) is 27.1. The molecule has 0 saturated carbocycles. The molecule has 0 spiro atoms. The van der Waals surface area contributed by atoms with Crippen molar-refractivity contribution in [2.45, 2.75) is 117 Å². The third kappa shape index (κ3) is 39.1. The van der Waals surface area contributed by atoms with Gasteiger partial charge in [0, 0.05) is 12.8 Å². The average molecular weight is 680 g/mol. The zero-order valence-corrected chi connectivity index (χ0v) is 33.9. The Labute approximate surface area is 321 Å². The van der Waals surface area contributed by atoms with E-state index < -0.39 is 50.8 Å². The van der Waals surface area contributed by atoms with Crippen LogP contribution < -0.4 is 86.0 Å². The number of unbranched alkanes of at least 4 members (excludes halogenated alkanes) is 8. The van der Waals surface area contributed by atoms with E-state index in [9.17, 15) is 36.7 Å². The summed E-state index contributed by atoms with van der Waals surface area (Å²) in [5, 5.41) is 9.26. The first-order valence-electron chi connectivity index (χ1n) is 14.0. The minimum atomic E-state index is -4.87. The number of carboxylic acid groups (broad SMARTS) is 1. The van der Waals surface area contributed by atoms with Crippen molar-refractivity contribution in [2.75, 3.05) is 32.6 Å². The number of carbonyl (C=O) groups excluding carboxylic acids is 3. The molecule has 1 saturated heterocycles. The molecular formula is C26H51KNNaO11S2. The van der Waals surface area contributed by atoms with Crippen LogP contribution in [-0.2, 0) is 49.3 Å². The Morgan fingerprint density at radius 2 is 1.33 bits per heavy atom. The second-order valence-corrected chi connectivity index (χ2v) is 11.4. The van der Waals surface area contributed by atoms with Crippen LogP contribution in [0.15, 0.2) is 0 Å². The number of ether oxygens (including phenoxy) is 2. The van der Waals surface area contributed by atoms with Gasteiger partial charge in [0.25, 0.3) is 0 Å². The van der Waals surface area contributed by atoms with Crippen molar-refractivity contribution < 1.29 is 131 Å². The molecule has 0 radical (unpaired) electrons. The van der Waals surface area contributed by atoms with E-state index in [2.05, 4.69) is 41.5 Å². The number of hydroxylamine groups is 2. The fraction of sp³-hybridized carbons (Fsp3) is 0.885. The Hall–Kier alpha value is 1.03. The molecule has 12 nitrogen and oxygen atoms in total. The van der Waals surface area contributed by atoms with Crippen LogP contribution in [0.3, 0.4) is 0 Å². The maximum atomic E-state index is 11.0. The molecule has 1 aliphatic rings. The number of rotatable bonds is 15. The maximum Gasteiger partial charge on any atom is 1.00 e. The normalized spacial score (nSPS) is 15.1. The van der Waals surface area contributed by atoms with E-state index >= 15 is 0 Å². The van der Waals surface area contributed by atoms with Gasteiger partial charge in [-0.15, -0.1) is 0 Å². The van der Waals surface area contributed by atoms with Crippen LogP contribution in [0.25, 0.3) is 0 Å². The van der Waals surface area contributed by atoms with Gasteiger partial charge in [0.05, 0.1) is 18.9 Å². The molecule has 0 aromatic carbocycles. The molecule has 0 bridgehead atoms. The van der Waals surface area contributed by atoms with Crippen molar-refractivity contribution in [3.05, 3.63) is 0 Å². The van der Waals surface area contributed by atoms with E-state index in [1.165, 1.54) is 70.5 Å².